The van der Waals surface area contributed by atoms with E-state index in [2.05, 4.69) is 4.74 Å². The fourth-order valence-corrected chi connectivity index (χ4v) is 1.44. The Morgan fingerprint density at radius 3 is 2.27 bits per heavy atom. The van der Waals surface area contributed by atoms with Gasteiger partial charge in [0.25, 0.3) is 6.43 Å². The summed E-state index contributed by atoms with van der Waals surface area (Å²) >= 11 is 1.89. The lowest BCUT2D eigenvalue weighted by Gasteiger charge is -2.11. The minimum Gasteiger partial charge on any atom is -0.384 e. The van der Waals surface area contributed by atoms with Gasteiger partial charge in [-0.2, -0.15) is 0 Å². The van der Waals surface area contributed by atoms with Crippen molar-refractivity contribution < 1.29 is 17.9 Å². The van der Waals surface area contributed by atoms with Gasteiger partial charge in [-0.05, 0) is 6.42 Å². The summed E-state index contributed by atoms with van der Waals surface area (Å²) in [5.41, 5.74) is 0. The van der Waals surface area contributed by atoms with Crippen LogP contribution in [-0.2, 0) is 4.74 Å². The van der Waals surface area contributed by atoms with Crippen molar-refractivity contribution in [2.75, 3.05) is 13.7 Å². The number of hydrogen-bond donors (Lipinski definition) is 0. The van der Waals surface area contributed by atoms with Crippen molar-refractivity contribution in [1.82, 2.24) is 0 Å². The van der Waals surface area contributed by atoms with Crippen molar-refractivity contribution >= 4 is 22.6 Å². The van der Waals surface area contributed by atoms with Crippen LogP contribution in [0.4, 0.5) is 13.2 Å². The maximum absolute atomic E-state index is 12.3. The Morgan fingerprint density at radius 2 is 1.91 bits per heavy atom. The summed E-state index contributed by atoms with van der Waals surface area (Å²) in [5, 5.41) is 0. The van der Waals surface area contributed by atoms with E-state index in [1.54, 1.807) is 0 Å². The first-order valence-corrected chi connectivity index (χ1v) is 4.37. The van der Waals surface area contributed by atoms with Crippen molar-refractivity contribution in [2.45, 2.75) is 22.9 Å². The van der Waals surface area contributed by atoms with Crippen molar-refractivity contribution in [1.29, 1.82) is 0 Å². The van der Waals surface area contributed by atoms with Crippen molar-refractivity contribution in [2.24, 2.45) is 0 Å². The molecule has 11 heavy (non-hydrogen) atoms. The van der Waals surface area contributed by atoms with Gasteiger partial charge in [0.2, 0.25) is 0 Å². The maximum atomic E-state index is 12.3. The largest absolute Gasteiger partial charge is 0.384 e. The third-order valence-corrected chi connectivity index (χ3v) is 1.97. The molecule has 68 valence electrons. The molecule has 0 rings (SSSR count). The number of halogens is 4. The van der Waals surface area contributed by atoms with Crippen LogP contribution in [0.25, 0.3) is 0 Å². The summed E-state index contributed by atoms with van der Waals surface area (Å²) in [7, 11) is 1.46. The van der Waals surface area contributed by atoms with Gasteiger partial charge in [0.1, 0.15) is 0 Å². The molecular formula is C6H10F3IO. The molecule has 0 aromatic rings. The number of methoxy groups -OCH3 is 1. The van der Waals surface area contributed by atoms with E-state index < -0.39 is 12.6 Å². The zero-order chi connectivity index (χ0) is 8.85. The first kappa shape index (κ1) is 11.5. The van der Waals surface area contributed by atoms with Crippen molar-refractivity contribution in [3.63, 3.8) is 0 Å². The molecular weight excluding hydrogens is 272 g/mol. The number of rotatable bonds is 5. The number of ether oxygens (including phenoxy) is 1. The predicted molar refractivity (Wildman–Crippen MR) is 45.2 cm³/mol. The third kappa shape index (κ3) is 5.72. The van der Waals surface area contributed by atoms with Crippen molar-refractivity contribution in [3.8, 4) is 0 Å². The Bertz CT molecular complexity index is 102. The van der Waals surface area contributed by atoms with E-state index in [9.17, 15) is 13.2 Å². The summed E-state index contributed by atoms with van der Waals surface area (Å²) < 4.78 is 40.0. The lowest BCUT2D eigenvalue weighted by Crippen LogP contribution is -2.19. The van der Waals surface area contributed by atoms with Crippen LogP contribution < -0.4 is 0 Å². The zero-order valence-electron chi connectivity index (χ0n) is 6.07. The molecule has 2 unspecified atom stereocenters. The normalized spacial score (nSPS) is 16.9. The fraction of sp³-hybridized carbons (Fsp3) is 1.00. The van der Waals surface area contributed by atoms with E-state index in [1.807, 2.05) is 22.6 Å². The van der Waals surface area contributed by atoms with E-state index in [-0.39, 0.29) is 10.3 Å². The molecule has 5 heteroatoms. The van der Waals surface area contributed by atoms with E-state index in [0.29, 0.717) is 6.61 Å². The van der Waals surface area contributed by atoms with Crippen LogP contribution in [-0.4, -0.2) is 30.2 Å². The molecule has 0 N–H and O–H groups in total. The lowest BCUT2D eigenvalue weighted by atomic mass is 10.2. The monoisotopic (exact) mass is 282 g/mol. The minimum atomic E-state index is -2.87. The first-order valence-electron chi connectivity index (χ1n) is 3.13. The van der Waals surface area contributed by atoms with E-state index in [4.69, 9.17) is 0 Å². The molecule has 0 amide bonds. The van der Waals surface area contributed by atoms with Gasteiger partial charge in [-0.15, -0.1) is 0 Å². The zero-order valence-corrected chi connectivity index (χ0v) is 8.22. The molecule has 0 radical (unpaired) electrons. The van der Waals surface area contributed by atoms with Gasteiger partial charge in [0.15, 0.2) is 6.17 Å². The van der Waals surface area contributed by atoms with Crippen LogP contribution >= 0.6 is 22.6 Å². The van der Waals surface area contributed by atoms with Crippen LogP contribution in [0.5, 0.6) is 0 Å². The third-order valence-electron chi connectivity index (χ3n) is 1.10. The van der Waals surface area contributed by atoms with Gasteiger partial charge >= 0.3 is 0 Å². The molecule has 0 saturated carbocycles. The summed E-state index contributed by atoms with van der Waals surface area (Å²) in [6.07, 6.45) is -5.04. The molecule has 0 aromatic carbocycles. The van der Waals surface area contributed by atoms with Crippen LogP contribution in [0.2, 0.25) is 0 Å². The highest BCUT2D eigenvalue weighted by Crippen LogP contribution is 2.16. The molecule has 0 fully saturated rings. The molecule has 1 nitrogen and oxygen atoms in total. The molecule has 0 bridgehead atoms. The molecule has 0 saturated heterocycles. The summed E-state index contributed by atoms with van der Waals surface area (Å²) in [6, 6.07) is 0. The molecule has 0 aliphatic rings. The standard InChI is InChI=1S/C6H10F3IO/c1-11-3-4(10)2-5(7)6(8)9/h4-6H,2-3H2,1H3. The van der Waals surface area contributed by atoms with Gasteiger partial charge in [-0.25, -0.2) is 13.2 Å². The summed E-state index contributed by atoms with van der Waals surface area (Å²) in [5.74, 6) is 0. The topological polar surface area (TPSA) is 9.23 Å². The van der Waals surface area contributed by atoms with Crippen LogP contribution in [0.1, 0.15) is 6.42 Å². The lowest BCUT2D eigenvalue weighted by molar-refractivity contribution is 0.0423. The second kappa shape index (κ2) is 6.05. The second-order valence-electron chi connectivity index (χ2n) is 2.14. The fourth-order valence-electron chi connectivity index (χ4n) is 0.596. The van der Waals surface area contributed by atoms with Gasteiger partial charge in [0.05, 0.1) is 6.61 Å². The minimum absolute atomic E-state index is 0.147. The highest BCUT2D eigenvalue weighted by atomic mass is 127. The smallest absolute Gasteiger partial charge is 0.269 e. The number of hydrogen-bond acceptors (Lipinski definition) is 1. The number of alkyl halides is 4. The molecule has 0 heterocycles. The molecule has 2 atom stereocenters. The van der Waals surface area contributed by atoms with Crippen LogP contribution in [0.15, 0.2) is 0 Å². The van der Waals surface area contributed by atoms with Gasteiger partial charge in [-0.3, -0.25) is 0 Å². The maximum Gasteiger partial charge on any atom is 0.269 e. The van der Waals surface area contributed by atoms with Crippen LogP contribution in [0, 0.1) is 0 Å². The predicted octanol–water partition coefficient (Wildman–Crippen LogP) is 2.43. The highest BCUT2D eigenvalue weighted by Gasteiger charge is 2.22. The van der Waals surface area contributed by atoms with Crippen molar-refractivity contribution in [3.05, 3.63) is 0 Å². The Balaban J connectivity index is 3.48. The molecule has 0 aliphatic carbocycles. The van der Waals surface area contributed by atoms with Gasteiger partial charge < -0.3 is 4.74 Å². The highest BCUT2D eigenvalue weighted by molar-refractivity contribution is 14.1. The Morgan fingerprint density at radius 1 is 1.36 bits per heavy atom. The molecule has 0 spiro atoms. The quantitative estimate of drug-likeness (QED) is 0.556. The van der Waals surface area contributed by atoms with E-state index in [1.165, 1.54) is 7.11 Å². The Labute approximate surface area is 77.4 Å². The average molecular weight is 282 g/mol. The average Bonchev–Trinajstić information content (AvgIpc) is 1.87. The second-order valence-corrected chi connectivity index (χ2v) is 3.90. The van der Waals surface area contributed by atoms with E-state index in [0.717, 1.165) is 0 Å². The Hall–Kier alpha value is 0.480. The Kier molecular flexibility index (Phi) is 6.31. The first-order chi connectivity index (χ1) is 5.07. The molecule has 0 aromatic heterocycles. The van der Waals surface area contributed by atoms with Gasteiger partial charge in [0, 0.05) is 11.0 Å². The SMILES string of the molecule is COCC(I)CC(F)C(F)F. The molecule has 0 aliphatic heterocycles. The summed E-state index contributed by atoms with van der Waals surface area (Å²) in [6.45, 7) is 0.313. The van der Waals surface area contributed by atoms with E-state index >= 15 is 0 Å². The summed E-state index contributed by atoms with van der Waals surface area (Å²) in [4.78, 5) is 0. The van der Waals surface area contributed by atoms with Crippen LogP contribution in [0.3, 0.4) is 0 Å². The van der Waals surface area contributed by atoms with Gasteiger partial charge in [-0.1, -0.05) is 22.6 Å².